The maximum absolute atomic E-state index is 12.6. The van der Waals surface area contributed by atoms with Gasteiger partial charge in [-0.2, -0.15) is 0 Å². The van der Waals surface area contributed by atoms with Gasteiger partial charge >= 0.3 is 0 Å². The lowest BCUT2D eigenvalue weighted by Gasteiger charge is -2.25. The molecule has 28 heavy (non-hydrogen) atoms. The van der Waals surface area contributed by atoms with E-state index in [4.69, 9.17) is 4.98 Å². The summed E-state index contributed by atoms with van der Waals surface area (Å²) in [6.45, 7) is 0.357. The number of amides is 3. The van der Waals surface area contributed by atoms with Crippen LogP contribution in [-0.2, 0) is 14.4 Å². The second-order valence-corrected chi connectivity index (χ2v) is 8.79. The Morgan fingerprint density at radius 1 is 1.21 bits per heavy atom. The smallest absolute Gasteiger partial charge is 0.229 e. The highest BCUT2D eigenvalue weighted by molar-refractivity contribution is 7.18. The van der Waals surface area contributed by atoms with E-state index in [0.29, 0.717) is 38.1 Å². The maximum Gasteiger partial charge on any atom is 0.229 e. The third-order valence-corrected chi connectivity index (χ3v) is 7.13. The fourth-order valence-corrected chi connectivity index (χ4v) is 5.35. The Hall–Kier alpha value is -2.28. The first-order valence-corrected chi connectivity index (χ1v) is 10.8. The zero-order valence-corrected chi connectivity index (χ0v) is 16.9. The van der Waals surface area contributed by atoms with Crippen LogP contribution in [-0.4, -0.2) is 52.1 Å². The highest BCUT2D eigenvalue weighted by Gasteiger charge is 2.33. The van der Waals surface area contributed by atoms with Gasteiger partial charge in [-0.05, 0) is 37.8 Å². The number of rotatable bonds is 6. The van der Waals surface area contributed by atoms with Crippen molar-refractivity contribution in [2.45, 2.75) is 56.9 Å². The SMILES string of the molecule is CN(C(=O)CCCN1C(=O)CCC1=O)C1CCC(c2nc3ccccc3s2)C1. The van der Waals surface area contributed by atoms with Crippen LogP contribution in [0.1, 0.15) is 55.9 Å². The number of likely N-dealkylation sites (tertiary alicyclic amines) is 1. The van der Waals surface area contributed by atoms with Crippen molar-refractivity contribution < 1.29 is 14.4 Å². The molecule has 2 aromatic rings. The molecule has 148 valence electrons. The minimum atomic E-state index is -0.111. The van der Waals surface area contributed by atoms with Crippen molar-refractivity contribution in [2.75, 3.05) is 13.6 Å². The number of aromatic nitrogens is 1. The first-order valence-electron chi connectivity index (χ1n) is 9.97. The Morgan fingerprint density at radius 2 is 1.96 bits per heavy atom. The highest BCUT2D eigenvalue weighted by atomic mass is 32.1. The van der Waals surface area contributed by atoms with E-state index in [0.717, 1.165) is 24.8 Å². The number of carbonyl (C=O) groups excluding carboxylic acids is 3. The molecule has 2 atom stereocenters. The van der Waals surface area contributed by atoms with Gasteiger partial charge in [0, 0.05) is 44.8 Å². The number of benzene rings is 1. The number of hydrogen-bond acceptors (Lipinski definition) is 5. The fraction of sp³-hybridized carbons (Fsp3) is 0.524. The molecule has 3 amide bonds. The van der Waals surface area contributed by atoms with Crippen molar-refractivity contribution >= 4 is 39.3 Å². The standard InChI is InChI=1S/C21H25N3O3S/c1-23(18(25)7-4-12-24-19(26)10-11-20(24)27)15-9-8-14(13-15)21-22-16-5-2-3-6-17(16)28-21/h2-3,5-6,14-15H,4,7-13H2,1H3. The molecule has 0 spiro atoms. The summed E-state index contributed by atoms with van der Waals surface area (Å²) in [4.78, 5) is 43.8. The molecule has 1 aliphatic heterocycles. The van der Waals surface area contributed by atoms with Crippen LogP contribution >= 0.6 is 11.3 Å². The van der Waals surface area contributed by atoms with Gasteiger partial charge in [0.15, 0.2) is 0 Å². The van der Waals surface area contributed by atoms with Crippen LogP contribution in [0.3, 0.4) is 0 Å². The van der Waals surface area contributed by atoms with E-state index < -0.39 is 0 Å². The number of para-hydroxylation sites is 1. The first kappa shape index (κ1) is 19.1. The van der Waals surface area contributed by atoms with E-state index in [-0.39, 0.29) is 23.8 Å². The highest BCUT2D eigenvalue weighted by Crippen LogP contribution is 2.39. The van der Waals surface area contributed by atoms with E-state index in [1.54, 1.807) is 11.3 Å². The first-order chi connectivity index (χ1) is 13.5. The van der Waals surface area contributed by atoms with Gasteiger partial charge in [-0.3, -0.25) is 19.3 Å². The van der Waals surface area contributed by atoms with Crippen LogP contribution in [0.25, 0.3) is 10.2 Å². The summed E-state index contributed by atoms with van der Waals surface area (Å²) >= 11 is 1.76. The quantitative estimate of drug-likeness (QED) is 0.699. The van der Waals surface area contributed by atoms with E-state index in [2.05, 4.69) is 6.07 Å². The number of fused-ring (bicyclic) bond motifs is 1. The second-order valence-electron chi connectivity index (χ2n) is 7.73. The molecule has 1 aromatic heterocycles. The van der Waals surface area contributed by atoms with Gasteiger partial charge in [0.25, 0.3) is 0 Å². The van der Waals surface area contributed by atoms with E-state index in [1.165, 1.54) is 14.6 Å². The van der Waals surface area contributed by atoms with Gasteiger partial charge in [0.2, 0.25) is 17.7 Å². The Kier molecular flexibility index (Phi) is 5.44. The number of thiazole rings is 1. The maximum atomic E-state index is 12.6. The van der Waals surface area contributed by atoms with Gasteiger partial charge in [-0.25, -0.2) is 4.98 Å². The predicted molar refractivity (Wildman–Crippen MR) is 108 cm³/mol. The van der Waals surface area contributed by atoms with Crippen LogP contribution in [0.4, 0.5) is 0 Å². The van der Waals surface area contributed by atoms with Crippen LogP contribution in [0.15, 0.2) is 24.3 Å². The molecule has 6 nitrogen and oxygen atoms in total. The molecule has 2 fully saturated rings. The summed E-state index contributed by atoms with van der Waals surface area (Å²) in [5.74, 6) is 0.284. The largest absolute Gasteiger partial charge is 0.343 e. The van der Waals surface area contributed by atoms with Crippen LogP contribution < -0.4 is 0 Å². The molecule has 2 heterocycles. The zero-order chi connectivity index (χ0) is 19.7. The number of nitrogens with zero attached hydrogens (tertiary/aromatic N) is 3. The molecule has 2 aliphatic rings. The van der Waals surface area contributed by atoms with Gasteiger partial charge < -0.3 is 4.90 Å². The van der Waals surface area contributed by atoms with Crippen molar-refractivity contribution in [1.82, 2.24) is 14.8 Å². The van der Waals surface area contributed by atoms with Crippen molar-refractivity contribution in [1.29, 1.82) is 0 Å². The molecule has 1 aliphatic carbocycles. The van der Waals surface area contributed by atoms with Crippen molar-refractivity contribution in [3.05, 3.63) is 29.3 Å². The Bertz CT molecular complexity index is 860. The molecule has 1 saturated heterocycles. The lowest BCUT2D eigenvalue weighted by Crippen LogP contribution is -2.36. The van der Waals surface area contributed by atoms with Crippen molar-refractivity contribution in [3.63, 3.8) is 0 Å². The molecule has 1 saturated carbocycles. The average molecular weight is 400 g/mol. The van der Waals surface area contributed by atoms with Crippen LogP contribution in [0.2, 0.25) is 0 Å². The second kappa shape index (κ2) is 7.99. The van der Waals surface area contributed by atoms with Crippen molar-refractivity contribution in [2.24, 2.45) is 0 Å². The van der Waals surface area contributed by atoms with Gasteiger partial charge in [-0.1, -0.05) is 12.1 Å². The summed E-state index contributed by atoms with van der Waals surface area (Å²) in [7, 11) is 1.87. The minimum Gasteiger partial charge on any atom is -0.343 e. The third kappa shape index (κ3) is 3.81. The Labute approximate surface area is 168 Å². The van der Waals surface area contributed by atoms with Crippen LogP contribution in [0, 0.1) is 0 Å². The normalized spacial score (nSPS) is 22.4. The average Bonchev–Trinajstić information content (AvgIpc) is 3.41. The number of imide groups is 1. The molecular weight excluding hydrogens is 374 g/mol. The van der Waals surface area contributed by atoms with E-state index in [9.17, 15) is 14.4 Å². The molecule has 7 heteroatoms. The monoisotopic (exact) mass is 399 g/mol. The molecule has 2 unspecified atom stereocenters. The number of hydrogen-bond donors (Lipinski definition) is 0. The lowest BCUT2D eigenvalue weighted by atomic mass is 10.1. The number of carbonyl (C=O) groups is 3. The molecule has 1 aromatic carbocycles. The van der Waals surface area contributed by atoms with E-state index >= 15 is 0 Å². The minimum absolute atomic E-state index is 0.0917. The molecule has 0 N–H and O–H groups in total. The van der Waals surface area contributed by atoms with Gasteiger partial charge in [0.05, 0.1) is 15.2 Å². The Morgan fingerprint density at radius 3 is 2.71 bits per heavy atom. The molecule has 0 radical (unpaired) electrons. The van der Waals surface area contributed by atoms with Gasteiger partial charge in [-0.15, -0.1) is 11.3 Å². The summed E-state index contributed by atoms with van der Waals surface area (Å²) in [6, 6.07) is 8.44. The van der Waals surface area contributed by atoms with E-state index in [1.807, 2.05) is 30.1 Å². The molecule has 0 bridgehead atoms. The Balaban J connectivity index is 1.29. The predicted octanol–water partition coefficient (Wildman–Crippen LogP) is 3.32. The van der Waals surface area contributed by atoms with Gasteiger partial charge in [0.1, 0.15) is 0 Å². The molecule has 4 rings (SSSR count). The molecular formula is C21H25N3O3S. The zero-order valence-electron chi connectivity index (χ0n) is 16.1. The fourth-order valence-electron chi connectivity index (χ4n) is 4.24. The summed E-state index contributed by atoms with van der Waals surface area (Å²) in [5.41, 5.74) is 1.06. The third-order valence-electron chi connectivity index (χ3n) is 5.93. The summed E-state index contributed by atoms with van der Waals surface area (Å²) in [5, 5.41) is 1.18. The topological polar surface area (TPSA) is 70.6 Å². The summed E-state index contributed by atoms with van der Waals surface area (Å²) < 4.78 is 1.22. The summed E-state index contributed by atoms with van der Waals surface area (Å²) in [6.07, 6.45) is 4.52. The lowest BCUT2D eigenvalue weighted by molar-refractivity contribution is -0.139. The van der Waals surface area contributed by atoms with Crippen molar-refractivity contribution in [3.8, 4) is 0 Å². The van der Waals surface area contributed by atoms with Crippen LogP contribution in [0.5, 0.6) is 0 Å².